The fraction of sp³-hybridized carbons (Fsp3) is 0.500. The molecule has 2 fully saturated rings. The van der Waals surface area contributed by atoms with E-state index in [1.54, 1.807) is 6.20 Å². The van der Waals surface area contributed by atoms with Crippen LogP contribution in [-0.2, 0) is 6.54 Å². The van der Waals surface area contributed by atoms with Crippen LogP contribution in [0.3, 0.4) is 0 Å². The number of hydrogen-bond donors (Lipinski definition) is 0. The smallest absolute Gasteiger partial charge is 0.213 e. The van der Waals surface area contributed by atoms with Gasteiger partial charge in [0.2, 0.25) is 5.88 Å². The molecule has 25 heavy (non-hydrogen) atoms. The molecule has 0 aliphatic carbocycles. The van der Waals surface area contributed by atoms with E-state index in [-0.39, 0.29) is 0 Å². The first kappa shape index (κ1) is 16.5. The summed E-state index contributed by atoms with van der Waals surface area (Å²) in [6.45, 7) is 5.20. The second kappa shape index (κ2) is 7.10. The molecule has 2 aliphatic rings. The molecule has 5 nitrogen and oxygen atoms in total. The molecule has 0 aromatic carbocycles. The van der Waals surface area contributed by atoms with E-state index in [2.05, 4.69) is 32.9 Å². The highest BCUT2D eigenvalue weighted by Crippen LogP contribution is 2.38. The Balaban J connectivity index is 1.31. The lowest BCUT2D eigenvalue weighted by Crippen LogP contribution is -2.71. The van der Waals surface area contributed by atoms with Crippen LogP contribution < -0.4 is 4.74 Å². The van der Waals surface area contributed by atoms with Crippen LogP contribution in [0.2, 0.25) is 0 Å². The van der Waals surface area contributed by atoms with Crippen molar-refractivity contribution in [3.63, 3.8) is 0 Å². The van der Waals surface area contributed by atoms with Crippen LogP contribution in [0.25, 0.3) is 0 Å². The summed E-state index contributed by atoms with van der Waals surface area (Å²) in [5.74, 6) is 1.35. The van der Waals surface area contributed by atoms with Gasteiger partial charge in [0.1, 0.15) is 0 Å². The zero-order chi connectivity index (χ0) is 17.1. The molecule has 0 saturated carbocycles. The third-order valence-electron chi connectivity index (χ3n) is 5.62. The Morgan fingerprint density at radius 1 is 1.20 bits per heavy atom. The largest absolute Gasteiger partial charge is 0.477 e. The molecule has 2 aromatic rings. The highest BCUT2D eigenvalue weighted by atomic mass is 16.5. The van der Waals surface area contributed by atoms with E-state index in [1.165, 1.54) is 18.4 Å². The monoisotopic (exact) mass is 338 g/mol. The van der Waals surface area contributed by atoms with Crippen molar-refractivity contribution in [1.29, 1.82) is 0 Å². The van der Waals surface area contributed by atoms with Crippen molar-refractivity contribution < 1.29 is 4.74 Å². The lowest BCUT2D eigenvalue weighted by Gasteiger charge is -2.58. The number of piperidine rings is 1. The summed E-state index contributed by atoms with van der Waals surface area (Å²) >= 11 is 0. The molecule has 5 heteroatoms. The fourth-order valence-corrected chi connectivity index (χ4v) is 4.20. The normalized spacial score (nSPS) is 23.3. The summed E-state index contributed by atoms with van der Waals surface area (Å²) in [6.07, 6.45) is 8.00. The summed E-state index contributed by atoms with van der Waals surface area (Å²) in [5, 5.41) is 0. The molecule has 132 valence electrons. The number of likely N-dealkylation sites (N-methyl/N-ethyl adjacent to an activating group) is 1. The molecule has 0 N–H and O–H groups in total. The summed E-state index contributed by atoms with van der Waals surface area (Å²) < 4.78 is 5.91. The van der Waals surface area contributed by atoms with Crippen molar-refractivity contribution >= 4 is 0 Å². The third-order valence-corrected chi connectivity index (χ3v) is 5.62. The topological polar surface area (TPSA) is 41.5 Å². The Labute approximate surface area is 149 Å². The molecule has 0 radical (unpaired) electrons. The van der Waals surface area contributed by atoms with Crippen molar-refractivity contribution in [2.75, 3.05) is 33.3 Å². The van der Waals surface area contributed by atoms with Gasteiger partial charge in [-0.15, -0.1) is 0 Å². The van der Waals surface area contributed by atoms with E-state index in [4.69, 9.17) is 4.74 Å². The number of pyridine rings is 2. The van der Waals surface area contributed by atoms with Gasteiger partial charge in [0.05, 0.1) is 6.61 Å². The molecule has 0 amide bonds. The molecule has 1 atom stereocenters. The number of likely N-dealkylation sites (tertiary alicyclic amines) is 2. The zero-order valence-corrected chi connectivity index (χ0v) is 14.8. The summed E-state index contributed by atoms with van der Waals surface area (Å²) in [4.78, 5) is 13.6. The fourth-order valence-electron chi connectivity index (χ4n) is 4.20. The predicted octanol–water partition coefficient (Wildman–Crippen LogP) is 2.45. The van der Waals surface area contributed by atoms with Gasteiger partial charge in [-0.05, 0) is 50.0 Å². The van der Waals surface area contributed by atoms with Crippen LogP contribution in [0.5, 0.6) is 5.88 Å². The first-order valence-corrected chi connectivity index (χ1v) is 9.10. The van der Waals surface area contributed by atoms with Gasteiger partial charge in [0.25, 0.3) is 0 Å². The first-order valence-electron chi connectivity index (χ1n) is 9.10. The quantitative estimate of drug-likeness (QED) is 0.838. The van der Waals surface area contributed by atoms with Crippen LogP contribution in [-0.4, -0.2) is 58.6 Å². The van der Waals surface area contributed by atoms with E-state index in [1.807, 2.05) is 36.7 Å². The molecule has 4 heterocycles. The molecule has 0 bridgehead atoms. The van der Waals surface area contributed by atoms with E-state index in [9.17, 15) is 0 Å². The van der Waals surface area contributed by atoms with Gasteiger partial charge in [0, 0.05) is 49.8 Å². The molecular weight excluding hydrogens is 312 g/mol. The van der Waals surface area contributed by atoms with E-state index >= 15 is 0 Å². The van der Waals surface area contributed by atoms with Crippen LogP contribution in [0, 0.1) is 5.92 Å². The van der Waals surface area contributed by atoms with Gasteiger partial charge >= 0.3 is 0 Å². The molecule has 2 aromatic heterocycles. The van der Waals surface area contributed by atoms with Crippen molar-refractivity contribution in [2.45, 2.75) is 24.9 Å². The zero-order valence-electron chi connectivity index (χ0n) is 14.8. The van der Waals surface area contributed by atoms with Crippen LogP contribution in [0.1, 0.15) is 18.4 Å². The van der Waals surface area contributed by atoms with Crippen LogP contribution >= 0.6 is 0 Å². The Kier molecular flexibility index (Phi) is 4.68. The highest BCUT2D eigenvalue weighted by molar-refractivity contribution is 5.13. The van der Waals surface area contributed by atoms with E-state index < -0.39 is 0 Å². The second-order valence-corrected chi connectivity index (χ2v) is 7.49. The van der Waals surface area contributed by atoms with Crippen molar-refractivity contribution in [3.05, 3.63) is 54.5 Å². The van der Waals surface area contributed by atoms with Gasteiger partial charge in [0.15, 0.2) is 0 Å². The number of nitrogens with zero attached hydrogens (tertiary/aromatic N) is 4. The standard InChI is InChI=1S/C20H26N4O/c1-23-10-7-17(14-25-19-6-2-3-9-22-19)11-20(23)15-24(16-20)13-18-5-4-8-21-12-18/h2-6,8-9,12,17H,7,10-11,13-16H2,1H3/t17-/m1/s1. The molecule has 0 unspecified atom stereocenters. The van der Waals surface area contributed by atoms with Gasteiger partial charge in [-0.2, -0.15) is 0 Å². The van der Waals surface area contributed by atoms with Gasteiger partial charge in [-0.3, -0.25) is 14.8 Å². The maximum absolute atomic E-state index is 5.91. The minimum atomic E-state index is 0.318. The third kappa shape index (κ3) is 3.67. The van der Waals surface area contributed by atoms with Crippen LogP contribution in [0.4, 0.5) is 0 Å². The Morgan fingerprint density at radius 3 is 2.88 bits per heavy atom. The summed E-state index contributed by atoms with van der Waals surface area (Å²) in [7, 11) is 2.28. The lowest BCUT2D eigenvalue weighted by atomic mass is 9.75. The summed E-state index contributed by atoms with van der Waals surface area (Å²) in [6, 6.07) is 10.0. The van der Waals surface area contributed by atoms with Gasteiger partial charge in [-0.25, -0.2) is 4.98 Å². The first-order chi connectivity index (χ1) is 12.2. The van der Waals surface area contributed by atoms with Crippen molar-refractivity contribution in [2.24, 2.45) is 5.92 Å². The number of rotatable bonds is 5. The van der Waals surface area contributed by atoms with Gasteiger partial charge < -0.3 is 4.74 Å². The minimum Gasteiger partial charge on any atom is -0.477 e. The highest BCUT2D eigenvalue weighted by Gasteiger charge is 2.49. The molecule has 4 rings (SSSR count). The molecule has 2 saturated heterocycles. The second-order valence-electron chi connectivity index (χ2n) is 7.49. The Bertz CT molecular complexity index is 673. The van der Waals surface area contributed by atoms with E-state index in [0.717, 1.165) is 38.7 Å². The Hall–Kier alpha value is -1.98. The molecule has 2 aliphatic heterocycles. The van der Waals surface area contributed by atoms with Gasteiger partial charge in [-0.1, -0.05) is 12.1 Å². The predicted molar refractivity (Wildman–Crippen MR) is 97.3 cm³/mol. The molecular formula is C20H26N4O. The minimum absolute atomic E-state index is 0.318. The number of aromatic nitrogens is 2. The average molecular weight is 338 g/mol. The maximum atomic E-state index is 5.91. The Morgan fingerprint density at radius 2 is 2.12 bits per heavy atom. The lowest BCUT2D eigenvalue weighted by molar-refractivity contribution is -0.0875. The average Bonchev–Trinajstić information content (AvgIpc) is 2.63. The van der Waals surface area contributed by atoms with Crippen LogP contribution in [0.15, 0.2) is 48.9 Å². The molecule has 1 spiro atoms. The van der Waals surface area contributed by atoms with Crippen molar-refractivity contribution in [3.8, 4) is 5.88 Å². The SMILES string of the molecule is CN1CC[C@@H](COc2ccccn2)CC12CN(Cc1cccnc1)C2. The van der Waals surface area contributed by atoms with Crippen molar-refractivity contribution in [1.82, 2.24) is 19.8 Å². The number of ether oxygens (including phenoxy) is 1. The summed E-state index contributed by atoms with van der Waals surface area (Å²) in [5.41, 5.74) is 1.62. The van der Waals surface area contributed by atoms with E-state index in [0.29, 0.717) is 11.5 Å². The number of hydrogen-bond acceptors (Lipinski definition) is 5. The maximum Gasteiger partial charge on any atom is 0.213 e.